The number of carbonyl (C=O) groups is 4. The Bertz CT molecular complexity index is 1460. The molecule has 9 nitrogen and oxygen atoms in total. The number of rotatable bonds is 6. The lowest BCUT2D eigenvalue weighted by Crippen LogP contribution is -2.56. The number of ketones is 1. The van der Waals surface area contributed by atoms with Crippen molar-refractivity contribution in [3.63, 3.8) is 0 Å². The van der Waals surface area contributed by atoms with Crippen molar-refractivity contribution in [2.24, 2.45) is 0 Å². The lowest BCUT2D eigenvalue weighted by Gasteiger charge is -2.34. The van der Waals surface area contributed by atoms with Crippen LogP contribution in [0.15, 0.2) is 60.7 Å². The molecule has 3 amide bonds. The normalized spacial score (nSPS) is 13.4. The zero-order valence-corrected chi connectivity index (χ0v) is 20.5. The average molecular weight is 547 g/mol. The van der Waals surface area contributed by atoms with Gasteiger partial charge in [-0.05, 0) is 55.5 Å². The van der Waals surface area contributed by atoms with Crippen LogP contribution in [0.5, 0.6) is 0 Å². The van der Waals surface area contributed by atoms with Crippen LogP contribution in [-0.2, 0) is 0 Å². The van der Waals surface area contributed by atoms with Gasteiger partial charge in [-0.15, -0.1) is 0 Å². The summed E-state index contributed by atoms with van der Waals surface area (Å²) in [6, 6.07) is 11.8. The molecule has 1 aliphatic heterocycles. The fourth-order valence-corrected chi connectivity index (χ4v) is 4.41. The second kappa shape index (κ2) is 9.69. The van der Waals surface area contributed by atoms with E-state index in [-0.39, 0.29) is 26.7 Å². The van der Waals surface area contributed by atoms with Gasteiger partial charge in [0, 0.05) is 21.7 Å². The Morgan fingerprint density at radius 1 is 0.944 bits per heavy atom. The van der Waals surface area contributed by atoms with Crippen LogP contribution in [0.1, 0.15) is 48.4 Å². The molecule has 0 saturated heterocycles. The van der Waals surface area contributed by atoms with Crippen LogP contribution in [-0.4, -0.2) is 44.5 Å². The highest BCUT2D eigenvalue weighted by atomic mass is 35.5. The minimum absolute atomic E-state index is 0.0915. The first-order valence-corrected chi connectivity index (χ1v) is 11.4. The predicted molar refractivity (Wildman–Crippen MR) is 131 cm³/mol. The van der Waals surface area contributed by atoms with Gasteiger partial charge in [0.2, 0.25) is 0 Å². The summed E-state index contributed by atoms with van der Waals surface area (Å²) in [5.74, 6) is -3.73. The first-order valence-electron chi connectivity index (χ1n) is 10.3. The molecule has 0 aliphatic carbocycles. The maximum atomic E-state index is 13.7. The maximum absolute atomic E-state index is 13.7. The molecule has 3 aromatic rings. The highest BCUT2D eigenvalue weighted by molar-refractivity contribution is 6.37. The van der Waals surface area contributed by atoms with E-state index in [1.165, 1.54) is 61.5 Å². The van der Waals surface area contributed by atoms with E-state index in [0.717, 1.165) is 6.07 Å². The fourth-order valence-electron chi connectivity index (χ4n) is 3.80. The first-order chi connectivity index (χ1) is 17.0. The lowest BCUT2D eigenvalue weighted by atomic mass is 10.0. The van der Waals surface area contributed by atoms with Gasteiger partial charge in [0.05, 0.1) is 21.1 Å². The number of hydrogen-bond acceptors (Lipinski definition) is 6. The van der Waals surface area contributed by atoms with Gasteiger partial charge in [-0.2, -0.15) is 5.01 Å². The Morgan fingerprint density at radius 3 is 2.19 bits per heavy atom. The lowest BCUT2D eigenvalue weighted by molar-refractivity contribution is -0.385. The maximum Gasteiger partial charge on any atom is 0.287 e. The highest BCUT2D eigenvalue weighted by Gasteiger charge is 2.48. The Hall–Kier alpha value is -3.79. The molecule has 12 heteroatoms. The Labute approximate surface area is 218 Å². The second-order valence-electron chi connectivity index (χ2n) is 7.70. The molecule has 4 rings (SSSR count). The zero-order chi connectivity index (χ0) is 26.3. The highest BCUT2D eigenvalue weighted by Crippen LogP contribution is 2.34. The molecule has 182 valence electrons. The molecule has 1 atom stereocenters. The summed E-state index contributed by atoms with van der Waals surface area (Å²) in [6.07, 6.45) is 0. The number of benzene rings is 3. The molecule has 0 radical (unpaired) electrons. The number of nitrogens with zero attached hydrogens (tertiary/aromatic N) is 3. The Kier molecular flexibility index (Phi) is 6.81. The third kappa shape index (κ3) is 4.32. The van der Waals surface area contributed by atoms with Gasteiger partial charge in [0.15, 0.2) is 5.78 Å². The molecular formula is C24H14Cl3N3O6. The number of nitro benzene ring substituents is 1. The molecule has 0 saturated carbocycles. The molecule has 0 N–H and O–H groups in total. The zero-order valence-electron chi connectivity index (χ0n) is 18.3. The van der Waals surface area contributed by atoms with Crippen LogP contribution < -0.4 is 0 Å². The van der Waals surface area contributed by atoms with Crippen molar-refractivity contribution in [1.82, 2.24) is 10.0 Å². The second-order valence-corrected chi connectivity index (χ2v) is 8.98. The smallest absolute Gasteiger partial charge is 0.287 e. The topological polar surface area (TPSA) is 118 Å². The van der Waals surface area contributed by atoms with E-state index >= 15 is 0 Å². The van der Waals surface area contributed by atoms with Crippen molar-refractivity contribution >= 4 is 64.0 Å². The molecule has 0 bridgehead atoms. The monoisotopic (exact) mass is 545 g/mol. The van der Waals surface area contributed by atoms with Crippen molar-refractivity contribution in [3.8, 4) is 0 Å². The number of hydrazine groups is 1. The minimum Gasteiger partial charge on any atom is -0.292 e. The predicted octanol–water partition coefficient (Wildman–Crippen LogP) is 5.48. The largest absolute Gasteiger partial charge is 0.292 e. The summed E-state index contributed by atoms with van der Waals surface area (Å²) < 4.78 is 0. The molecule has 0 fully saturated rings. The van der Waals surface area contributed by atoms with Gasteiger partial charge in [0.1, 0.15) is 11.6 Å². The first kappa shape index (κ1) is 25.3. The summed E-state index contributed by atoms with van der Waals surface area (Å²) in [5.41, 5.74) is -1.38. The van der Waals surface area contributed by atoms with E-state index in [9.17, 15) is 29.3 Å². The van der Waals surface area contributed by atoms with Gasteiger partial charge in [-0.1, -0.05) is 40.9 Å². The van der Waals surface area contributed by atoms with Crippen LogP contribution >= 0.6 is 34.8 Å². The molecule has 1 heterocycles. The Morgan fingerprint density at radius 2 is 1.58 bits per heavy atom. The molecule has 1 aliphatic rings. The van der Waals surface area contributed by atoms with Gasteiger partial charge in [-0.25, -0.2) is 5.01 Å². The van der Waals surface area contributed by atoms with Crippen LogP contribution in [0.3, 0.4) is 0 Å². The van der Waals surface area contributed by atoms with Gasteiger partial charge in [0.25, 0.3) is 23.4 Å². The van der Waals surface area contributed by atoms with E-state index in [4.69, 9.17) is 34.8 Å². The number of Topliss-reactive ketones (excluding diaryl/α,β-unsaturated/α-hetero) is 1. The van der Waals surface area contributed by atoms with E-state index in [1.54, 1.807) is 0 Å². The Balaban J connectivity index is 1.86. The van der Waals surface area contributed by atoms with Crippen LogP contribution in [0.25, 0.3) is 0 Å². The van der Waals surface area contributed by atoms with Crippen molar-refractivity contribution in [2.75, 3.05) is 0 Å². The van der Waals surface area contributed by atoms with Crippen molar-refractivity contribution < 1.29 is 24.1 Å². The standard InChI is InChI=1S/C24H14Cl3N3O6/c1-12(21(31)13-5-7-14(25)8-6-13)28(22(32)16-10-9-15(26)11-18(16)27)29-23(33)17-3-2-4-19(30(35)36)20(17)24(29)34/h2-12H,1H3/t12-/m1/s1. The van der Waals surface area contributed by atoms with Gasteiger partial charge in [-0.3, -0.25) is 29.3 Å². The van der Waals surface area contributed by atoms with E-state index < -0.39 is 45.7 Å². The van der Waals surface area contributed by atoms with Crippen LogP contribution in [0.2, 0.25) is 15.1 Å². The van der Waals surface area contributed by atoms with E-state index in [2.05, 4.69) is 0 Å². The summed E-state index contributed by atoms with van der Waals surface area (Å²) in [5, 5.41) is 13.1. The number of carbonyl (C=O) groups excluding carboxylic acids is 4. The van der Waals surface area contributed by atoms with Crippen LogP contribution in [0.4, 0.5) is 5.69 Å². The summed E-state index contributed by atoms with van der Waals surface area (Å²) in [4.78, 5) is 64.5. The third-order valence-corrected chi connectivity index (χ3v) is 6.33. The average Bonchev–Trinajstić information content (AvgIpc) is 3.09. The SMILES string of the molecule is C[C@H](C(=O)c1ccc(Cl)cc1)N(C(=O)c1ccc(Cl)cc1Cl)N1C(=O)c2cccc([N+](=O)[O-])c2C1=O. The summed E-state index contributed by atoms with van der Waals surface area (Å²) >= 11 is 18.0. The number of halogens is 3. The van der Waals surface area contributed by atoms with Gasteiger partial charge < -0.3 is 0 Å². The van der Waals surface area contributed by atoms with E-state index in [1.807, 2.05) is 0 Å². The molecule has 0 aromatic heterocycles. The molecule has 36 heavy (non-hydrogen) atoms. The molecule has 0 unspecified atom stereocenters. The van der Waals surface area contributed by atoms with Crippen molar-refractivity contribution in [1.29, 1.82) is 0 Å². The molecular weight excluding hydrogens is 533 g/mol. The number of amides is 3. The quantitative estimate of drug-likeness (QED) is 0.175. The fraction of sp³-hybridized carbons (Fsp3) is 0.0833. The third-order valence-electron chi connectivity index (χ3n) is 5.53. The molecule has 3 aromatic carbocycles. The van der Waals surface area contributed by atoms with Gasteiger partial charge >= 0.3 is 0 Å². The molecule has 0 spiro atoms. The summed E-state index contributed by atoms with van der Waals surface area (Å²) in [6.45, 7) is 1.32. The van der Waals surface area contributed by atoms with Crippen LogP contribution in [0, 0.1) is 10.1 Å². The summed E-state index contributed by atoms with van der Waals surface area (Å²) in [7, 11) is 0. The van der Waals surface area contributed by atoms with E-state index in [0.29, 0.717) is 15.0 Å². The number of nitro groups is 1. The van der Waals surface area contributed by atoms with Crippen molar-refractivity contribution in [3.05, 3.63) is 108 Å². The number of hydrogen-bond donors (Lipinski definition) is 0. The minimum atomic E-state index is -1.41. The number of imide groups is 1. The number of fused-ring (bicyclic) bond motifs is 1. The van der Waals surface area contributed by atoms with Crippen molar-refractivity contribution in [2.45, 2.75) is 13.0 Å².